The molecule has 7 atom stereocenters. The lowest BCUT2D eigenvalue weighted by Gasteiger charge is -2.38. The Kier molecular flexibility index (Phi) is 22.0. The number of ether oxygens (including phenoxy) is 1. The third kappa shape index (κ3) is 16.7. The molecule has 0 aliphatic carbocycles. The maximum Gasteiger partial charge on any atom is 0.269 e. The van der Waals surface area contributed by atoms with Gasteiger partial charge in [-0.25, -0.2) is 4.99 Å². The van der Waals surface area contributed by atoms with Crippen molar-refractivity contribution in [1.29, 1.82) is 0 Å². The summed E-state index contributed by atoms with van der Waals surface area (Å²) in [4.78, 5) is 142. The Morgan fingerprint density at radius 3 is 1.74 bits per heavy atom. The second kappa shape index (κ2) is 27.1. The highest BCUT2D eigenvalue weighted by molar-refractivity contribution is 6.43. The zero-order valence-corrected chi connectivity index (χ0v) is 45.3. The van der Waals surface area contributed by atoms with E-state index in [1.165, 1.54) is 68.7 Å². The van der Waals surface area contributed by atoms with Gasteiger partial charge in [-0.1, -0.05) is 74.5 Å². The van der Waals surface area contributed by atoms with Crippen molar-refractivity contribution in [1.82, 2.24) is 40.0 Å². The fourth-order valence-corrected chi connectivity index (χ4v) is 8.73. The first-order valence-electron chi connectivity index (χ1n) is 25.4. The molecule has 2 aliphatic heterocycles. The molecule has 2 aliphatic rings. The average Bonchev–Trinajstić information content (AvgIpc) is 3.36. The fraction of sp³-hybridized carbons (Fsp3) is 0.593. The zero-order valence-electron chi connectivity index (χ0n) is 45.3. The van der Waals surface area contributed by atoms with Gasteiger partial charge in [0, 0.05) is 61.2 Å². The quantitative estimate of drug-likeness (QED) is 0.311. The molecule has 4 rings (SSSR count). The van der Waals surface area contributed by atoms with Crippen molar-refractivity contribution >= 4 is 58.9 Å². The molecule has 20 nitrogen and oxygen atoms in total. The van der Waals surface area contributed by atoms with Crippen LogP contribution < -0.4 is 10.6 Å². The molecule has 9 amide bonds. The molecule has 0 saturated carbocycles. The van der Waals surface area contributed by atoms with Crippen molar-refractivity contribution in [2.75, 3.05) is 61.5 Å². The monoisotopic (exact) mass is 1030 g/mol. The summed E-state index contributed by atoms with van der Waals surface area (Å²) in [5.41, 5.74) is 0.123. The first-order chi connectivity index (χ1) is 34.7. The summed E-state index contributed by atoms with van der Waals surface area (Å²) >= 11 is 0. The lowest BCUT2D eigenvalue weighted by atomic mass is 9.97. The van der Waals surface area contributed by atoms with Gasteiger partial charge in [0.15, 0.2) is 0 Å². The van der Waals surface area contributed by atoms with E-state index >= 15 is 9.59 Å². The number of hydrogen-bond acceptors (Lipinski definition) is 11. The number of aliphatic hydroxyl groups excluding tert-OH is 1. The second-order valence-electron chi connectivity index (χ2n) is 21.0. The van der Waals surface area contributed by atoms with E-state index in [0.29, 0.717) is 37.1 Å². The van der Waals surface area contributed by atoms with Crippen LogP contribution >= 0.6 is 0 Å². The molecule has 1 fully saturated rings. The second-order valence-corrected chi connectivity index (χ2v) is 21.0. The third-order valence-corrected chi connectivity index (χ3v) is 13.5. The van der Waals surface area contributed by atoms with Crippen LogP contribution in [-0.2, 0) is 60.7 Å². The number of likely N-dealkylation sites (tertiary alicyclic amines) is 1. The minimum Gasteiger partial charge on any atom is -0.391 e. The molecule has 0 bridgehead atoms. The highest BCUT2D eigenvalue weighted by Crippen LogP contribution is 2.22. The number of hydrogen-bond donors (Lipinski definition) is 3. The molecule has 1 unspecified atom stereocenters. The van der Waals surface area contributed by atoms with Gasteiger partial charge in [0.25, 0.3) is 11.8 Å². The van der Waals surface area contributed by atoms with Gasteiger partial charge in [-0.05, 0) is 77.3 Å². The Bertz CT molecular complexity index is 2330. The Balaban J connectivity index is 1.95. The third-order valence-electron chi connectivity index (χ3n) is 13.5. The van der Waals surface area contributed by atoms with Crippen LogP contribution in [-0.4, -0.2) is 203 Å². The molecular formula is C54H79N9O11. The molecule has 1 saturated heterocycles. The molecule has 2 aromatic rings. The average molecular weight is 1030 g/mol. The molecular weight excluding hydrogens is 951 g/mol. The number of carbonyl (C=O) groups excluding carboxylic acids is 9. The topological polar surface area (TPSA) is 239 Å². The van der Waals surface area contributed by atoms with E-state index in [1.54, 1.807) is 81.4 Å². The van der Waals surface area contributed by atoms with Crippen molar-refractivity contribution in [2.24, 2.45) is 10.9 Å². The first kappa shape index (κ1) is 60.0. The van der Waals surface area contributed by atoms with Crippen LogP contribution in [0, 0.1) is 5.92 Å². The van der Waals surface area contributed by atoms with Gasteiger partial charge in [0.05, 0.1) is 31.3 Å². The number of aliphatic hydroxyl groups is 1. The van der Waals surface area contributed by atoms with Gasteiger partial charge in [-0.3, -0.25) is 43.2 Å². The number of carbonyl (C=O) groups is 9. The summed E-state index contributed by atoms with van der Waals surface area (Å²) in [6.45, 7) is 11.4. The van der Waals surface area contributed by atoms with Gasteiger partial charge in [0.1, 0.15) is 42.0 Å². The van der Waals surface area contributed by atoms with Crippen molar-refractivity contribution < 1.29 is 53.0 Å². The predicted octanol–water partition coefficient (Wildman–Crippen LogP) is 1.85. The highest BCUT2D eigenvalue weighted by atomic mass is 16.5. The van der Waals surface area contributed by atoms with E-state index in [-0.39, 0.29) is 31.8 Å². The normalized spacial score (nSPS) is 24.1. The van der Waals surface area contributed by atoms with Crippen molar-refractivity contribution in [3.8, 4) is 0 Å². The van der Waals surface area contributed by atoms with Crippen molar-refractivity contribution in [3.63, 3.8) is 0 Å². The number of aliphatic imine (C=N–C) groups is 1. The van der Waals surface area contributed by atoms with E-state index in [1.807, 2.05) is 13.8 Å². The molecule has 74 heavy (non-hydrogen) atoms. The van der Waals surface area contributed by atoms with Crippen molar-refractivity contribution in [3.05, 3.63) is 71.8 Å². The predicted molar refractivity (Wildman–Crippen MR) is 278 cm³/mol. The fourth-order valence-electron chi connectivity index (χ4n) is 8.73. The van der Waals surface area contributed by atoms with Gasteiger partial charge >= 0.3 is 0 Å². The number of piperidine rings is 1. The number of amides is 9. The summed E-state index contributed by atoms with van der Waals surface area (Å²) < 4.78 is 6.05. The van der Waals surface area contributed by atoms with E-state index in [9.17, 15) is 38.7 Å². The molecule has 0 spiro atoms. The van der Waals surface area contributed by atoms with Crippen LogP contribution in [0.25, 0.3) is 0 Å². The van der Waals surface area contributed by atoms with Crippen LogP contribution in [0.1, 0.15) is 91.7 Å². The number of nitrogens with zero attached hydrogens (tertiary/aromatic N) is 7. The van der Waals surface area contributed by atoms with E-state index < -0.39 is 120 Å². The molecule has 0 aromatic heterocycles. The van der Waals surface area contributed by atoms with E-state index in [0.717, 1.165) is 16.2 Å². The molecule has 0 radical (unpaired) electrons. The van der Waals surface area contributed by atoms with Crippen LogP contribution in [0.4, 0.5) is 0 Å². The molecule has 406 valence electrons. The van der Waals surface area contributed by atoms with E-state index in [2.05, 4.69) is 15.6 Å². The van der Waals surface area contributed by atoms with Crippen LogP contribution in [0.15, 0.2) is 65.7 Å². The summed E-state index contributed by atoms with van der Waals surface area (Å²) in [6, 6.07) is 9.68. The number of rotatable bonds is 10. The maximum absolute atomic E-state index is 15.3. The highest BCUT2D eigenvalue weighted by Gasteiger charge is 2.42. The number of nitrogens with one attached hydrogen (secondary N) is 2. The minimum absolute atomic E-state index is 0.0167. The maximum atomic E-state index is 15.3. The molecule has 2 aromatic carbocycles. The number of benzene rings is 2. The summed E-state index contributed by atoms with van der Waals surface area (Å²) in [5.74, 6) is -7.05. The van der Waals surface area contributed by atoms with Crippen molar-refractivity contribution in [2.45, 2.75) is 141 Å². The van der Waals surface area contributed by atoms with Gasteiger partial charge < -0.3 is 49.9 Å². The first-order valence-corrected chi connectivity index (χ1v) is 25.4. The Morgan fingerprint density at radius 1 is 0.703 bits per heavy atom. The number of likely N-dealkylation sites (N-methyl/N-ethyl adjacent to an activating group) is 5. The Hall–Kier alpha value is -6.54. The lowest BCUT2D eigenvalue weighted by molar-refractivity contribution is -0.153. The Labute approximate surface area is 436 Å². The molecule has 20 heteroatoms. The largest absolute Gasteiger partial charge is 0.391 e. The Morgan fingerprint density at radius 2 is 1.22 bits per heavy atom. The van der Waals surface area contributed by atoms with Crippen LogP contribution in [0.3, 0.4) is 0 Å². The minimum atomic E-state index is -1.61. The van der Waals surface area contributed by atoms with Gasteiger partial charge in [-0.2, -0.15) is 0 Å². The van der Waals surface area contributed by atoms with Crippen LogP contribution in [0.2, 0.25) is 0 Å². The summed E-state index contributed by atoms with van der Waals surface area (Å²) in [7, 11) is 6.88. The summed E-state index contributed by atoms with van der Waals surface area (Å²) in [6.07, 6.45) is 0.0827. The van der Waals surface area contributed by atoms with Crippen LogP contribution in [0.5, 0.6) is 0 Å². The van der Waals surface area contributed by atoms with E-state index in [4.69, 9.17) is 4.74 Å². The lowest BCUT2D eigenvalue weighted by Crippen LogP contribution is -2.61. The van der Waals surface area contributed by atoms with Gasteiger partial charge in [0.2, 0.25) is 41.4 Å². The SMILES string of the molecule is CC(C)C[C@H]1C(=O)N(C)C(Cc2ccccc2)C(=O)N=C(C(=O)N2CCCCC2)CC(=O)N(C)CC(=O)N[C@@H]([C@@H](C)O)C(=O)N(C)[C@@H](C)C(=O)N[C@@H](COC(C)(C)C)C(=O)N(C)[C@@H](Cc2ccccc2)C(=O)N1C. The standard InChI is InChI=1S/C54H79N9O11/c1-34(2)28-42-51(71)60(10)41(29-37-22-16-13-17-23-37)48(68)55-39(50(70)63-26-20-15-21-27-63)31-45(66)58(8)32-44(65)57-46(36(4)64)53(73)59(9)35(3)47(67)56-40(33-74-54(5,6)7)49(69)61(11)43(52(72)62(42)12)30-38-24-18-14-19-25-38/h13-14,16-19,22-25,34-36,40-43,46,64H,15,20-21,26-33H2,1-12H3,(H,56,67)(H,57,65)/t35-,36+,40-,41?,42-,43-,46-/m0/s1. The van der Waals surface area contributed by atoms with Gasteiger partial charge in [-0.15, -0.1) is 0 Å². The molecule has 3 N–H and O–H groups in total. The smallest absolute Gasteiger partial charge is 0.269 e. The zero-order chi connectivity index (χ0) is 55.2. The molecule has 2 heterocycles. The summed E-state index contributed by atoms with van der Waals surface area (Å²) in [5, 5.41) is 16.0.